The summed E-state index contributed by atoms with van der Waals surface area (Å²) in [7, 11) is -1.43. The van der Waals surface area contributed by atoms with Crippen molar-refractivity contribution in [2.75, 3.05) is 0 Å². The van der Waals surface area contributed by atoms with Crippen molar-refractivity contribution in [2.24, 2.45) is 0 Å². The van der Waals surface area contributed by atoms with E-state index in [0.29, 0.717) is 0 Å². The Kier molecular flexibility index (Phi) is 5.04. The molecule has 0 aromatic rings. The van der Waals surface area contributed by atoms with Crippen LogP contribution in [0.1, 0.15) is 33.1 Å². The van der Waals surface area contributed by atoms with Crippen molar-refractivity contribution < 1.29 is 28.7 Å². The smallest absolute Gasteiger partial charge is 0.606 e. The van der Waals surface area contributed by atoms with Gasteiger partial charge >= 0.3 is 18.9 Å². The van der Waals surface area contributed by atoms with Crippen LogP contribution in [-0.2, 0) is 4.74 Å². The average molecular weight is 220 g/mol. The fraction of sp³-hybridized carbons (Fsp3) is 0.818. The van der Waals surface area contributed by atoms with Crippen LogP contribution in [0.15, 0.2) is 11.5 Å². The van der Waals surface area contributed by atoms with Gasteiger partial charge in [-0.1, -0.05) is 33.0 Å². The Labute approximate surface area is 106 Å². The van der Waals surface area contributed by atoms with Gasteiger partial charge in [-0.2, -0.15) is 0 Å². The third-order valence-electron chi connectivity index (χ3n) is 3.33. The molecule has 1 rings (SSSR count). The number of hydrogen-bond acceptors (Lipinski definition) is 2. The summed E-state index contributed by atoms with van der Waals surface area (Å²) in [6, 6.07) is 0. The fourth-order valence-corrected chi connectivity index (χ4v) is 3.29. The van der Waals surface area contributed by atoms with Gasteiger partial charge in [-0.05, 0) is 25.3 Å². The molecule has 1 heterocycles. The minimum Gasteiger partial charge on any atom is -0.606 e. The third kappa shape index (κ3) is 2.64. The number of hydrogen-bond donors (Lipinski definition) is 0. The summed E-state index contributed by atoms with van der Waals surface area (Å²) < 4.78 is 5.39. The van der Waals surface area contributed by atoms with Crippen molar-refractivity contribution in [3.63, 3.8) is 0 Å². The third-order valence-corrected chi connectivity index (χ3v) is 6.60. The Morgan fingerprint density at radius 1 is 1.33 bits per heavy atom. The molecular weight excluding hydrogens is 199 g/mol. The molecule has 15 heavy (non-hydrogen) atoms. The van der Waals surface area contributed by atoms with Crippen molar-refractivity contribution >= 4 is 8.07 Å². The Bertz CT molecular complexity index is 258. The van der Waals surface area contributed by atoms with Crippen LogP contribution >= 0.6 is 0 Å². The zero-order valence-electron chi connectivity index (χ0n) is 10.9. The number of rotatable bonds is 4. The first kappa shape index (κ1) is 15.2. The van der Waals surface area contributed by atoms with Gasteiger partial charge in [-0.25, -0.2) is 0 Å². The van der Waals surface area contributed by atoms with Gasteiger partial charge in [0.2, 0.25) is 0 Å². The first-order chi connectivity index (χ1) is 6.33. The standard InChI is InChI=1S/C11H22O2Si.Li/c1-6-7-8-9-10(12)13-11(9,2)14(3,4)5;/h12H,6-8H2,1-5H3;/q;+1/p-1. The van der Waals surface area contributed by atoms with E-state index in [4.69, 9.17) is 4.74 Å². The van der Waals surface area contributed by atoms with Gasteiger partial charge in [0.05, 0.1) is 14.0 Å². The molecule has 4 heteroatoms. The zero-order chi connectivity index (χ0) is 11.0. The van der Waals surface area contributed by atoms with Crippen LogP contribution in [0.5, 0.6) is 0 Å². The first-order valence-electron chi connectivity index (χ1n) is 5.42. The van der Waals surface area contributed by atoms with E-state index >= 15 is 0 Å². The van der Waals surface area contributed by atoms with Crippen LogP contribution in [0.2, 0.25) is 19.6 Å². The maximum atomic E-state index is 11.4. The van der Waals surface area contributed by atoms with Crippen LogP contribution in [0.4, 0.5) is 0 Å². The van der Waals surface area contributed by atoms with Crippen molar-refractivity contribution in [3.8, 4) is 0 Å². The average Bonchev–Trinajstić information content (AvgIpc) is 2.02. The number of unbranched alkanes of at least 4 members (excludes halogenated alkanes) is 1. The van der Waals surface area contributed by atoms with Crippen LogP contribution < -0.4 is 24.0 Å². The summed E-state index contributed by atoms with van der Waals surface area (Å²) in [4.78, 5) is 0. The van der Waals surface area contributed by atoms with Gasteiger partial charge in [-0.15, -0.1) is 0 Å². The molecule has 1 unspecified atom stereocenters. The van der Waals surface area contributed by atoms with Crippen molar-refractivity contribution in [3.05, 3.63) is 11.5 Å². The summed E-state index contributed by atoms with van der Waals surface area (Å²) in [6.07, 6.45) is 3.17. The second kappa shape index (κ2) is 4.99. The molecule has 1 atom stereocenters. The minimum atomic E-state index is -1.43. The van der Waals surface area contributed by atoms with Gasteiger partial charge in [-0.3, -0.25) is 0 Å². The van der Waals surface area contributed by atoms with E-state index in [0.717, 1.165) is 24.8 Å². The summed E-state index contributed by atoms with van der Waals surface area (Å²) in [5, 5.41) is 11.2. The second-order valence-electron chi connectivity index (χ2n) is 5.25. The predicted molar refractivity (Wildman–Crippen MR) is 59.4 cm³/mol. The monoisotopic (exact) mass is 220 g/mol. The van der Waals surface area contributed by atoms with Crippen LogP contribution in [0.3, 0.4) is 0 Å². The Hall–Kier alpha value is 0.154. The van der Waals surface area contributed by atoms with Gasteiger partial charge < -0.3 is 9.84 Å². The van der Waals surface area contributed by atoms with Crippen molar-refractivity contribution in [1.82, 2.24) is 0 Å². The molecule has 82 valence electrons. The van der Waals surface area contributed by atoms with E-state index in [9.17, 15) is 5.11 Å². The summed E-state index contributed by atoms with van der Waals surface area (Å²) in [6.45, 7) is 11.0. The van der Waals surface area contributed by atoms with Crippen molar-refractivity contribution in [1.29, 1.82) is 0 Å². The molecule has 0 radical (unpaired) electrons. The molecular formula is C11H21LiO2Si. The zero-order valence-corrected chi connectivity index (χ0v) is 11.9. The second-order valence-corrected chi connectivity index (χ2v) is 10.7. The molecule has 0 amide bonds. The van der Waals surface area contributed by atoms with Crippen LogP contribution in [0, 0.1) is 0 Å². The molecule has 0 spiro atoms. The molecule has 0 saturated carbocycles. The van der Waals surface area contributed by atoms with Gasteiger partial charge in [0.15, 0.2) is 0 Å². The van der Waals surface area contributed by atoms with Crippen LogP contribution in [0.25, 0.3) is 0 Å². The van der Waals surface area contributed by atoms with Crippen LogP contribution in [-0.4, -0.2) is 13.3 Å². The quantitative estimate of drug-likeness (QED) is 0.594. The Balaban J connectivity index is 0.00000196. The Morgan fingerprint density at radius 3 is 2.20 bits per heavy atom. The van der Waals surface area contributed by atoms with Gasteiger partial charge in [0, 0.05) is 5.22 Å². The molecule has 1 aliphatic heterocycles. The molecule has 0 aromatic carbocycles. The molecule has 0 aromatic heterocycles. The molecule has 0 saturated heterocycles. The summed E-state index contributed by atoms with van der Waals surface area (Å²) in [5.41, 5.74) is 1.04. The van der Waals surface area contributed by atoms with Crippen molar-refractivity contribution in [2.45, 2.75) is 58.0 Å². The molecule has 1 aliphatic rings. The van der Waals surface area contributed by atoms with E-state index in [2.05, 4.69) is 33.5 Å². The largest absolute Gasteiger partial charge is 1.00 e. The van der Waals surface area contributed by atoms with Gasteiger partial charge in [0.1, 0.15) is 0 Å². The molecule has 0 bridgehead atoms. The molecule has 0 N–H and O–H groups in total. The predicted octanol–water partition coefficient (Wildman–Crippen LogP) is -0.581. The normalized spacial score (nSPS) is 25.4. The van der Waals surface area contributed by atoms with E-state index in [1.807, 2.05) is 0 Å². The molecule has 2 nitrogen and oxygen atoms in total. The maximum Gasteiger partial charge on any atom is 1.00 e. The fourth-order valence-electron chi connectivity index (χ4n) is 1.76. The molecule has 0 aliphatic carbocycles. The topological polar surface area (TPSA) is 32.3 Å². The molecule has 0 fully saturated rings. The Morgan fingerprint density at radius 2 is 1.87 bits per heavy atom. The summed E-state index contributed by atoms with van der Waals surface area (Å²) in [5.74, 6) is -0.0524. The first-order valence-corrected chi connectivity index (χ1v) is 8.92. The van der Waals surface area contributed by atoms with E-state index in [1.54, 1.807) is 0 Å². The minimum absolute atomic E-state index is 0. The SMILES string of the molecule is CCCCC1=C([O-])OC1(C)[Si](C)(C)C.[Li+]. The number of ether oxygens (including phenoxy) is 1. The summed E-state index contributed by atoms with van der Waals surface area (Å²) >= 11 is 0. The van der Waals surface area contributed by atoms with E-state index in [-0.39, 0.29) is 30.0 Å². The van der Waals surface area contributed by atoms with E-state index in [1.165, 1.54) is 0 Å². The van der Waals surface area contributed by atoms with E-state index < -0.39 is 8.07 Å². The van der Waals surface area contributed by atoms with Gasteiger partial charge in [0.25, 0.3) is 0 Å². The maximum absolute atomic E-state index is 11.4.